The van der Waals surface area contributed by atoms with E-state index in [0.717, 1.165) is 11.3 Å². The molecule has 2 saturated heterocycles. The second-order valence-electron chi connectivity index (χ2n) is 8.67. The Morgan fingerprint density at radius 3 is 2.68 bits per heavy atom. The smallest absolute Gasteiger partial charge is 0.349 e. The van der Waals surface area contributed by atoms with Gasteiger partial charge < -0.3 is 14.4 Å². The predicted molar refractivity (Wildman–Crippen MR) is 93.7 cm³/mol. The van der Waals surface area contributed by atoms with E-state index in [1.54, 1.807) is 0 Å². The maximum absolute atomic E-state index is 13.2. The first-order chi connectivity index (χ1) is 11.6. The number of carbonyl (C=O) groups is 2. The first kappa shape index (κ1) is 16.6. The van der Waals surface area contributed by atoms with Gasteiger partial charge in [-0.15, -0.1) is 0 Å². The fourth-order valence-electron chi connectivity index (χ4n) is 4.88. The van der Waals surface area contributed by atoms with Gasteiger partial charge in [0, 0.05) is 25.1 Å². The van der Waals surface area contributed by atoms with E-state index >= 15 is 0 Å². The largest absolute Gasteiger partial charge is 0.457 e. The minimum Gasteiger partial charge on any atom is -0.457 e. The van der Waals surface area contributed by atoms with Crippen LogP contribution in [0.4, 0.5) is 5.69 Å². The third-order valence-electron chi connectivity index (χ3n) is 5.82. The molecule has 4 atom stereocenters. The third kappa shape index (κ3) is 2.05. The van der Waals surface area contributed by atoms with Crippen molar-refractivity contribution in [1.82, 2.24) is 0 Å². The van der Waals surface area contributed by atoms with Gasteiger partial charge in [-0.25, -0.2) is 4.79 Å². The molecule has 1 aromatic rings. The van der Waals surface area contributed by atoms with Crippen molar-refractivity contribution in [2.24, 2.45) is 0 Å². The Bertz CT molecular complexity index is 767. The molecule has 0 amide bonds. The van der Waals surface area contributed by atoms with Crippen LogP contribution in [-0.2, 0) is 19.1 Å². The van der Waals surface area contributed by atoms with Crippen LogP contribution in [0.3, 0.4) is 0 Å². The van der Waals surface area contributed by atoms with Crippen molar-refractivity contribution >= 4 is 17.4 Å². The quantitative estimate of drug-likeness (QED) is 0.580. The summed E-state index contributed by atoms with van der Waals surface area (Å²) in [6.07, 6.45) is 0.971. The van der Waals surface area contributed by atoms with Crippen LogP contribution in [0.2, 0.25) is 0 Å². The summed E-state index contributed by atoms with van der Waals surface area (Å²) in [6, 6.07) is 7.75. The Morgan fingerprint density at radius 1 is 1.32 bits per heavy atom. The Hall–Kier alpha value is -1.88. The SMILES string of the molecule is CN1c2ccccc2C2C1C1(C(=O)OC(C)(C)C)OC2(C)CCC1=O. The van der Waals surface area contributed by atoms with Crippen LogP contribution in [0.25, 0.3) is 0 Å². The van der Waals surface area contributed by atoms with Crippen LogP contribution in [-0.4, -0.2) is 41.6 Å². The summed E-state index contributed by atoms with van der Waals surface area (Å²) in [4.78, 5) is 28.3. The third-order valence-corrected chi connectivity index (χ3v) is 5.82. The molecule has 0 spiro atoms. The van der Waals surface area contributed by atoms with E-state index in [2.05, 4.69) is 6.07 Å². The van der Waals surface area contributed by atoms with E-state index in [-0.39, 0.29) is 17.7 Å². The molecule has 2 bridgehead atoms. The Balaban J connectivity index is 1.88. The molecule has 0 N–H and O–H groups in total. The van der Waals surface area contributed by atoms with Gasteiger partial charge in [0.05, 0.1) is 11.6 Å². The summed E-state index contributed by atoms with van der Waals surface area (Å²) in [5.41, 5.74) is -0.548. The second kappa shape index (κ2) is 4.85. The van der Waals surface area contributed by atoms with Gasteiger partial charge in [-0.05, 0) is 45.7 Å². The Kier molecular flexibility index (Phi) is 3.21. The van der Waals surface area contributed by atoms with Crippen LogP contribution in [0.5, 0.6) is 0 Å². The number of para-hydroxylation sites is 1. The van der Waals surface area contributed by atoms with Gasteiger partial charge in [0.25, 0.3) is 0 Å². The van der Waals surface area contributed by atoms with Gasteiger partial charge >= 0.3 is 5.97 Å². The average molecular weight is 343 g/mol. The van der Waals surface area contributed by atoms with Crippen LogP contribution >= 0.6 is 0 Å². The fraction of sp³-hybridized carbons (Fsp3) is 0.600. The topological polar surface area (TPSA) is 55.8 Å². The molecule has 0 saturated carbocycles. The molecule has 3 heterocycles. The molecular formula is C20H25NO4. The van der Waals surface area contributed by atoms with E-state index in [4.69, 9.17) is 9.47 Å². The number of hydrogen-bond acceptors (Lipinski definition) is 5. The summed E-state index contributed by atoms with van der Waals surface area (Å²) < 4.78 is 12.0. The highest BCUT2D eigenvalue weighted by atomic mass is 16.6. The number of rotatable bonds is 1. The molecule has 0 aromatic heterocycles. The molecule has 5 nitrogen and oxygen atoms in total. The molecule has 1 aromatic carbocycles. The Labute approximate surface area is 148 Å². The normalized spacial score (nSPS) is 36.2. The van der Waals surface area contributed by atoms with Crippen molar-refractivity contribution < 1.29 is 19.1 Å². The van der Waals surface area contributed by atoms with Crippen molar-refractivity contribution in [1.29, 1.82) is 0 Å². The van der Waals surface area contributed by atoms with Gasteiger partial charge in [-0.1, -0.05) is 18.2 Å². The number of likely N-dealkylation sites (N-methyl/N-ethyl adjacent to an activating group) is 1. The van der Waals surface area contributed by atoms with E-state index in [9.17, 15) is 9.59 Å². The van der Waals surface area contributed by atoms with Crippen molar-refractivity contribution in [2.75, 3.05) is 11.9 Å². The summed E-state index contributed by atoms with van der Waals surface area (Å²) in [5.74, 6) is -0.734. The van der Waals surface area contributed by atoms with Gasteiger partial charge in [-0.2, -0.15) is 0 Å². The number of ether oxygens (including phenoxy) is 2. The highest BCUT2D eigenvalue weighted by molar-refractivity contribution is 6.10. The fourth-order valence-corrected chi connectivity index (χ4v) is 4.88. The van der Waals surface area contributed by atoms with Crippen molar-refractivity contribution in [3.8, 4) is 0 Å². The molecule has 3 aliphatic rings. The number of ketones is 1. The summed E-state index contributed by atoms with van der Waals surface area (Å²) >= 11 is 0. The average Bonchev–Trinajstić information content (AvgIpc) is 2.95. The van der Waals surface area contributed by atoms with Gasteiger partial charge in [0.1, 0.15) is 5.60 Å². The van der Waals surface area contributed by atoms with E-state index in [0.29, 0.717) is 12.8 Å². The molecule has 0 aliphatic carbocycles. The monoisotopic (exact) mass is 343 g/mol. The second-order valence-corrected chi connectivity index (χ2v) is 8.67. The maximum atomic E-state index is 13.2. The predicted octanol–water partition coefficient (Wildman–Crippen LogP) is 2.82. The molecule has 2 fully saturated rings. The molecule has 0 radical (unpaired) electrons. The zero-order chi connectivity index (χ0) is 18.2. The highest BCUT2D eigenvalue weighted by Gasteiger charge is 2.74. The van der Waals surface area contributed by atoms with E-state index in [1.807, 2.05) is 57.8 Å². The summed E-state index contributed by atoms with van der Waals surface area (Å²) in [5, 5.41) is 0. The van der Waals surface area contributed by atoms with Gasteiger partial charge in [0.15, 0.2) is 5.78 Å². The standard InChI is InChI=1S/C20H25NO4/c1-18(2,3)24-17(23)20-14(22)10-11-19(4,25-20)15-12-8-6-7-9-13(12)21(5)16(15)20/h6-9,15-16H,10-11H2,1-5H3. The number of carbonyl (C=O) groups excluding carboxylic acids is 2. The summed E-state index contributed by atoms with van der Waals surface area (Å²) in [7, 11) is 1.94. The molecule has 5 heteroatoms. The number of hydrogen-bond donors (Lipinski definition) is 0. The highest BCUT2D eigenvalue weighted by Crippen LogP contribution is 2.61. The Morgan fingerprint density at radius 2 is 2.00 bits per heavy atom. The zero-order valence-electron chi connectivity index (χ0n) is 15.5. The van der Waals surface area contributed by atoms with Crippen LogP contribution in [0.15, 0.2) is 24.3 Å². The van der Waals surface area contributed by atoms with Crippen LogP contribution < -0.4 is 4.90 Å². The molecule has 3 aliphatic heterocycles. The zero-order valence-corrected chi connectivity index (χ0v) is 15.5. The number of anilines is 1. The molecule has 4 rings (SSSR count). The lowest BCUT2D eigenvalue weighted by Crippen LogP contribution is -2.62. The van der Waals surface area contributed by atoms with Gasteiger partial charge in [0.2, 0.25) is 5.60 Å². The first-order valence-electron chi connectivity index (χ1n) is 8.89. The maximum Gasteiger partial charge on any atom is 0.349 e. The number of benzene rings is 1. The molecule has 4 unspecified atom stereocenters. The molecular weight excluding hydrogens is 318 g/mol. The van der Waals surface area contributed by atoms with Crippen LogP contribution in [0.1, 0.15) is 52.0 Å². The van der Waals surface area contributed by atoms with Crippen molar-refractivity contribution in [2.45, 2.75) is 69.3 Å². The minimum atomic E-state index is -1.54. The molecule has 25 heavy (non-hydrogen) atoms. The lowest BCUT2D eigenvalue weighted by molar-refractivity contribution is -0.199. The number of fused-ring (bicyclic) bond motifs is 7. The molecule has 134 valence electrons. The van der Waals surface area contributed by atoms with Crippen molar-refractivity contribution in [3.63, 3.8) is 0 Å². The number of nitrogens with zero attached hydrogens (tertiary/aromatic N) is 1. The first-order valence-corrected chi connectivity index (χ1v) is 8.89. The van der Waals surface area contributed by atoms with Gasteiger partial charge in [-0.3, -0.25) is 4.79 Å². The van der Waals surface area contributed by atoms with E-state index in [1.165, 1.54) is 0 Å². The summed E-state index contributed by atoms with van der Waals surface area (Å²) in [6.45, 7) is 7.47. The van der Waals surface area contributed by atoms with Crippen molar-refractivity contribution in [3.05, 3.63) is 29.8 Å². The lowest BCUT2D eigenvalue weighted by Gasteiger charge is -2.40. The van der Waals surface area contributed by atoms with Crippen LogP contribution in [0, 0.1) is 0 Å². The minimum absolute atomic E-state index is 0.0207. The number of esters is 1. The number of Topliss-reactive ketones (excluding diaryl/α,β-unsaturated/α-hetero) is 1. The van der Waals surface area contributed by atoms with E-state index < -0.39 is 22.8 Å². The lowest BCUT2D eigenvalue weighted by atomic mass is 9.79.